The zero-order valence-corrected chi connectivity index (χ0v) is 24.2. The summed E-state index contributed by atoms with van der Waals surface area (Å²) in [7, 11) is 0. The van der Waals surface area contributed by atoms with Crippen molar-refractivity contribution in [1.82, 2.24) is 15.0 Å². The van der Waals surface area contributed by atoms with Crippen LogP contribution in [0.5, 0.6) is 11.5 Å². The molecule has 0 radical (unpaired) electrons. The number of nitrogens with zero attached hydrogens (tertiary/aromatic N) is 3. The van der Waals surface area contributed by atoms with Gasteiger partial charge < -0.3 is 4.74 Å². The highest BCUT2D eigenvalue weighted by Gasteiger charge is 2.21. The molecule has 45 heavy (non-hydrogen) atoms. The molecule has 8 aromatic rings. The summed E-state index contributed by atoms with van der Waals surface area (Å²) in [4.78, 5) is 14.9. The van der Waals surface area contributed by atoms with E-state index in [1.807, 2.05) is 54.7 Å². The van der Waals surface area contributed by atoms with E-state index in [0.717, 1.165) is 77.9 Å². The molecule has 0 saturated carbocycles. The Labute approximate surface area is 260 Å². The lowest BCUT2D eigenvalue weighted by Crippen LogP contribution is -1.98. The summed E-state index contributed by atoms with van der Waals surface area (Å²) in [6, 6.07) is 50.0. The van der Waals surface area contributed by atoms with Crippen LogP contribution < -0.4 is 4.74 Å². The quantitative estimate of drug-likeness (QED) is 0.209. The molecule has 3 heterocycles. The van der Waals surface area contributed by atoms with Gasteiger partial charge in [-0.15, -0.1) is 0 Å². The molecule has 9 rings (SSSR count). The van der Waals surface area contributed by atoms with Crippen LogP contribution in [0.2, 0.25) is 0 Å². The molecular formula is C41H25N3O. The molecular weight excluding hydrogens is 550 g/mol. The standard InChI is InChI=1S/C41H25N3O/c1-3-10-26(11-4-1)35-24-36(44-41(43-35)27-12-5-2-6-13-27)28-18-19-29-25-42-37(23-30(29)22-28)31-20-21-39-40-33(31)15-9-16-34(40)32-14-7-8-17-38(32)45-39/h1-25H. The number of fused-ring (bicyclic) bond motifs is 3. The van der Waals surface area contributed by atoms with E-state index in [1.165, 1.54) is 5.56 Å². The fraction of sp³-hybridized carbons (Fsp3) is 0. The van der Waals surface area contributed by atoms with Crippen LogP contribution >= 0.6 is 0 Å². The second-order valence-corrected chi connectivity index (χ2v) is 11.3. The lowest BCUT2D eigenvalue weighted by molar-refractivity contribution is 0.487. The topological polar surface area (TPSA) is 47.9 Å². The van der Waals surface area contributed by atoms with Crippen LogP contribution in [-0.2, 0) is 0 Å². The van der Waals surface area contributed by atoms with E-state index in [-0.39, 0.29) is 0 Å². The second kappa shape index (κ2) is 10.2. The predicted octanol–water partition coefficient (Wildman–Crippen LogP) is 10.6. The van der Waals surface area contributed by atoms with Crippen LogP contribution in [0.15, 0.2) is 152 Å². The number of aromatic nitrogens is 3. The van der Waals surface area contributed by atoms with Crippen molar-refractivity contribution in [3.05, 3.63) is 152 Å². The van der Waals surface area contributed by atoms with E-state index >= 15 is 0 Å². The van der Waals surface area contributed by atoms with Gasteiger partial charge in [0.15, 0.2) is 5.82 Å². The summed E-state index contributed by atoms with van der Waals surface area (Å²) in [6.45, 7) is 0. The zero-order valence-electron chi connectivity index (χ0n) is 24.2. The van der Waals surface area contributed by atoms with Gasteiger partial charge in [-0.05, 0) is 52.7 Å². The number of para-hydroxylation sites is 1. The predicted molar refractivity (Wildman–Crippen MR) is 182 cm³/mol. The van der Waals surface area contributed by atoms with Crippen LogP contribution in [0, 0.1) is 0 Å². The maximum absolute atomic E-state index is 6.33. The smallest absolute Gasteiger partial charge is 0.160 e. The summed E-state index contributed by atoms with van der Waals surface area (Å²) >= 11 is 0. The maximum atomic E-state index is 6.33. The van der Waals surface area contributed by atoms with Gasteiger partial charge in [0.05, 0.1) is 17.1 Å². The van der Waals surface area contributed by atoms with E-state index in [2.05, 4.69) is 97.1 Å². The van der Waals surface area contributed by atoms with Gasteiger partial charge in [0.2, 0.25) is 0 Å². The molecule has 4 nitrogen and oxygen atoms in total. The molecule has 0 aliphatic carbocycles. The van der Waals surface area contributed by atoms with Gasteiger partial charge in [0, 0.05) is 44.8 Å². The summed E-state index contributed by atoms with van der Waals surface area (Å²) in [5.74, 6) is 2.46. The van der Waals surface area contributed by atoms with Crippen molar-refractivity contribution in [3.63, 3.8) is 0 Å². The van der Waals surface area contributed by atoms with Crippen molar-refractivity contribution in [3.8, 4) is 67.8 Å². The Balaban J connectivity index is 1.18. The average Bonchev–Trinajstić information content (AvgIpc) is 3.12. The number of hydrogen-bond acceptors (Lipinski definition) is 4. The fourth-order valence-electron chi connectivity index (χ4n) is 6.32. The average molecular weight is 576 g/mol. The number of hydrogen-bond donors (Lipinski definition) is 0. The summed E-state index contributed by atoms with van der Waals surface area (Å²) in [5.41, 5.74) is 9.12. The fourth-order valence-corrected chi connectivity index (χ4v) is 6.32. The minimum absolute atomic E-state index is 0.704. The van der Waals surface area contributed by atoms with Crippen molar-refractivity contribution < 1.29 is 4.74 Å². The van der Waals surface area contributed by atoms with Crippen molar-refractivity contribution in [2.75, 3.05) is 0 Å². The van der Waals surface area contributed by atoms with Crippen LogP contribution in [-0.4, -0.2) is 15.0 Å². The number of benzene rings is 6. The van der Waals surface area contributed by atoms with Gasteiger partial charge in [-0.3, -0.25) is 4.98 Å². The Hall–Kier alpha value is -6.13. The van der Waals surface area contributed by atoms with Crippen molar-refractivity contribution in [1.29, 1.82) is 0 Å². The molecule has 0 saturated heterocycles. The first-order valence-corrected chi connectivity index (χ1v) is 15.0. The number of pyridine rings is 1. The molecule has 0 atom stereocenters. The zero-order chi connectivity index (χ0) is 29.7. The van der Waals surface area contributed by atoms with Gasteiger partial charge in [0.25, 0.3) is 0 Å². The lowest BCUT2D eigenvalue weighted by atomic mass is 9.91. The first-order chi connectivity index (χ1) is 22.3. The summed E-state index contributed by atoms with van der Waals surface area (Å²) < 4.78 is 6.33. The minimum atomic E-state index is 0.704. The number of rotatable bonds is 4. The largest absolute Gasteiger partial charge is 0.456 e. The molecule has 0 unspecified atom stereocenters. The highest BCUT2D eigenvalue weighted by Crippen LogP contribution is 2.48. The summed E-state index contributed by atoms with van der Waals surface area (Å²) in [5, 5.41) is 4.41. The lowest BCUT2D eigenvalue weighted by Gasteiger charge is -2.22. The van der Waals surface area contributed by atoms with E-state index < -0.39 is 0 Å². The highest BCUT2D eigenvalue weighted by molar-refractivity contribution is 6.10. The molecule has 0 fully saturated rings. The Morgan fingerprint density at radius 3 is 2.00 bits per heavy atom. The minimum Gasteiger partial charge on any atom is -0.456 e. The van der Waals surface area contributed by atoms with E-state index in [0.29, 0.717) is 5.82 Å². The van der Waals surface area contributed by atoms with Gasteiger partial charge in [-0.2, -0.15) is 0 Å². The van der Waals surface area contributed by atoms with Crippen molar-refractivity contribution in [2.24, 2.45) is 0 Å². The van der Waals surface area contributed by atoms with Crippen molar-refractivity contribution >= 4 is 21.5 Å². The Morgan fingerprint density at radius 2 is 1.16 bits per heavy atom. The summed E-state index contributed by atoms with van der Waals surface area (Å²) in [6.07, 6.45) is 1.96. The number of ether oxygens (including phenoxy) is 1. The Bertz CT molecular complexity index is 2340. The third-order valence-corrected chi connectivity index (χ3v) is 8.52. The molecule has 2 aromatic heterocycles. The van der Waals surface area contributed by atoms with Gasteiger partial charge >= 0.3 is 0 Å². The normalized spacial score (nSPS) is 11.7. The molecule has 0 spiro atoms. The Kier molecular flexibility index (Phi) is 5.78. The maximum Gasteiger partial charge on any atom is 0.160 e. The van der Waals surface area contributed by atoms with Crippen LogP contribution in [0.1, 0.15) is 0 Å². The monoisotopic (exact) mass is 575 g/mol. The molecule has 6 aromatic carbocycles. The van der Waals surface area contributed by atoms with Gasteiger partial charge in [-0.1, -0.05) is 109 Å². The molecule has 0 bridgehead atoms. The molecule has 1 aliphatic heterocycles. The van der Waals surface area contributed by atoms with E-state index in [1.54, 1.807) is 0 Å². The van der Waals surface area contributed by atoms with Crippen LogP contribution in [0.25, 0.3) is 77.8 Å². The third-order valence-electron chi connectivity index (χ3n) is 8.52. The third kappa shape index (κ3) is 4.35. The molecule has 0 N–H and O–H groups in total. The second-order valence-electron chi connectivity index (χ2n) is 11.3. The highest BCUT2D eigenvalue weighted by atomic mass is 16.5. The molecule has 4 heteroatoms. The van der Waals surface area contributed by atoms with Gasteiger partial charge in [-0.25, -0.2) is 9.97 Å². The Morgan fingerprint density at radius 1 is 0.422 bits per heavy atom. The molecule has 210 valence electrons. The molecule has 1 aliphatic rings. The van der Waals surface area contributed by atoms with Gasteiger partial charge in [0.1, 0.15) is 11.5 Å². The molecule has 0 amide bonds. The van der Waals surface area contributed by atoms with Crippen LogP contribution in [0.4, 0.5) is 0 Å². The van der Waals surface area contributed by atoms with Crippen LogP contribution in [0.3, 0.4) is 0 Å². The van der Waals surface area contributed by atoms with Crippen molar-refractivity contribution in [2.45, 2.75) is 0 Å². The van der Waals surface area contributed by atoms with E-state index in [9.17, 15) is 0 Å². The van der Waals surface area contributed by atoms with E-state index in [4.69, 9.17) is 19.7 Å². The SMILES string of the molecule is c1ccc(-c2cc(-c3ccc4cnc(-c5ccc6c7c(cccc57)-c5ccccc5O6)cc4c3)nc(-c3ccccc3)n2)cc1. The first-order valence-electron chi connectivity index (χ1n) is 15.0. The first kappa shape index (κ1) is 25.4.